The highest BCUT2D eigenvalue weighted by Crippen LogP contribution is 2.24. The zero-order chi connectivity index (χ0) is 16.3. The van der Waals surface area contributed by atoms with Crippen LogP contribution in [0.3, 0.4) is 0 Å². The van der Waals surface area contributed by atoms with Gasteiger partial charge in [0.25, 0.3) is 5.91 Å². The first-order chi connectivity index (χ1) is 10.3. The summed E-state index contributed by atoms with van der Waals surface area (Å²) in [5.41, 5.74) is 1.95. The summed E-state index contributed by atoms with van der Waals surface area (Å²) in [6.07, 6.45) is 0. The Bertz CT molecular complexity index is 679. The summed E-state index contributed by atoms with van der Waals surface area (Å²) in [5, 5.41) is 5.24. The number of carbonyl (C=O) groups excluding carboxylic acids is 2. The number of rotatable bonds is 3. The monoisotopic (exact) mass is 300 g/mol. The first-order valence-corrected chi connectivity index (χ1v) is 7.05. The summed E-state index contributed by atoms with van der Waals surface area (Å²) in [6.45, 7) is 7.77. The number of nitrogens with one attached hydrogen (secondary N) is 2. The molecule has 1 heterocycles. The van der Waals surface area contributed by atoms with E-state index in [4.69, 9.17) is 4.42 Å². The third-order valence-corrected chi connectivity index (χ3v) is 3.14. The summed E-state index contributed by atoms with van der Waals surface area (Å²) in [7, 11) is 0. The highest BCUT2D eigenvalue weighted by molar-refractivity contribution is 6.02. The minimum atomic E-state index is -0.361. The average Bonchev–Trinajstić information content (AvgIpc) is 2.86. The van der Waals surface area contributed by atoms with Crippen molar-refractivity contribution in [2.75, 3.05) is 10.6 Å². The molecule has 22 heavy (non-hydrogen) atoms. The molecule has 1 aromatic heterocycles. The minimum absolute atomic E-state index is 0.0663. The average molecular weight is 300 g/mol. The van der Waals surface area contributed by atoms with Crippen molar-refractivity contribution >= 4 is 23.4 Å². The molecule has 2 rings (SSSR count). The highest BCUT2D eigenvalue weighted by atomic mass is 16.4. The molecule has 0 unspecified atom stereocenters. The fraction of sp³-hybridized carbons (Fsp3) is 0.294. The Kier molecular flexibility index (Phi) is 4.35. The summed E-state index contributed by atoms with van der Waals surface area (Å²) in [4.78, 5) is 23.0. The lowest BCUT2D eigenvalue weighted by Gasteiger charge is -2.19. The van der Waals surface area contributed by atoms with Gasteiger partial charge in [-0.25, -0.2) is 0 Å². The lowest BCUT2D eigenvalue weighted by molar-refractivity contribution is -0.114. The van der Waals surface area contributed by atoms with E-state index in [-0.39, 0.29) is 28.9 Å². The van der Waals surface area contributed by atoms with Crippen LogP contribution in [0.25, 0.3) is 0 Å². The lowest BCUT2D eigenvalue weighted by atomic mass is 9.87. The van der Waals surface area contributed by atoms with E-state index in [1.54, 1.807) is 6.07 Å². The molecule has 0 aliphatic rings. The Morgan fingerprint density at radius 2 is 1.59 bits per heavy atom. The number of anilines is 2. The summed E-state index contributed by atoms with van der Waals surface area (Å²) in [6, 6.07) is 10.7. The van der Waals surface area contributed by atoms with Crippen molar-refractivity contribution in [3.8, 4) is 0 Å². The van der Waals surface area contributed by atoms with E-state index in [0.29, 0.717) is 5.69 Å². The van der Waals surface area contributed by atoms with Crippen LogP contribution in [0.5, 0.6) is 0 Å². The number of furan rings is 1. The van der Waals surface area contributed by atoms with Gasteiger partial charge in [0.1, 0.15) is 0 Å². The van der Waals surface area contributed by atoms with Gasteiger partial charge in [-0.3, -0.25) is 14.9 Å². The molecule has 0 saturated carbocycles. The van der Waals surface area contributed by atoms with Gasteiger partial charge in [0, 0.05) is 18.7 Å². The predicted molar refractivity (Wildman–Crippen MR) is 86.1 cm³/mol. The van der Waals surface area contributed by atoms with Gasteiger partial charge in [-0.1, -0.05) is 32.9 Å². The van der Waals surface area contributed by atoms with E-state index in [2.05, 4.69) is 31.4 Å². The summed E-state index contributed by atoms with van der Waals surface area (Å²) < 4.78 is 5.26. The normalized spacial score (nSPS) is 11.1. The molecule has 0 atom stereocenters. The second-order valence-corrected chi connectivity index (χ2v) is 6.13. The molecule has 2 amide bonds. The molecule has 5 heteroatoms. The zero-order valence-corrected chi connectivity index (χ0v) is 13.2. The molecule has 0 radical (unpaired) electrons. The quantitative estimate of drug-likeness (QED) is 0.906. The lowest BCUT2D eigenvalue weighted by Crippen LogP contribution is -2.13. The topological polar surface area (TPSA) is 71.3 Å². The molecule has 0 bridgehead atoms. The van der Waals surface area contributed by atoms with Crippen molar-refractivity contribution in [1.82, 2.24) is 0 Å². The maximum Gasteiger partial charge on any atom is 0.291 e. The van der Waals surface area contributed by atoms with Crippen molar-refractivity contribution in [1.29, 1.82) is 0 Å². The third kappa shape index (κ3) is 3.97. The SMILES string of the molecule is CC(=O)Nc1ccc(C(=O)Nc2ccc(C(C)(C)C)cc2)o1. The van der Waals surface area contributed by atoms with Gasteiger partial charge < -0.3 is 9.73 Å². The third-order valence-electron chi connectivity index (χ3n) is 3.14. The van der Waals surface area contributed by atoms with Crippen LogP contribution in [-0.2, 0) is 10.2 Å². The van der Waals surface area contributed by atoms with Crippen molar-refractivity contribution in [2.45, 2.75) is 33.1 Å². The van der Waals surface area contributed by atoms with Crippen LogP contribution in [0.2, 0.25) is 0 Å². The van der Waals surface area contributed by atoms with Crippen LogP contribution in [0.15, 0.2) is 40.8 Å². The van der Waals surface area contributed by atoms with Crippen LogP contribution in [0.4, 0.5) is 11.6 Å². The molecule has 116 valence electrons. The number of hydrogen-bond acceptors (Lipinski definition) is 3. The molecule has 0 fully saturated rings. The number of benzene rings is 1. The molecular weight excluding hydrogens is 280 g/mol. The van der Waals surface area contributed by atoms with Crippen molar-refractivity contribution < 1.29 is 14.0 Å². The predicted octanol–water partition coefficient (Wildman–Crippen LogP) is 3.79. The van der Waals surface area contributed by atoms with Crippen LogP contribution < -0.4 is 10.6 Å². The first-order valence-electron chi connectivity index (χ1n) is 7.05. The van der Waals surface area contributed by atoms with Crippen LogP contribution in [0, 0.1) is 0 Å². The van der Waals surface area contributed by atoms with Gasteiger partial charge in [0.15, 0.2) is 11.6 Å². The van der Waals surface area contributed by atoms with E-state index in [9.17, 15) is 9.59 Å². The molecule has 1 aromatic carbocycles. The van der Waals surface area contributed by atoms with Crippen molar-refractivity contribution in [3.63, 3.8) is 0 Å². The molecule has 0 aliphatic carbocycles. The van der Waals surface area contributed by atoms with Crippen LogP contribution >= 0.6 is 0 Å². The Balaban J connectivity index is 2.05. The van der Waals surface area contributed by atoms with Gasteiger partial charge in [0.05, 0.1) is 0 Å². The van der Waals surface area contributed by atoms with E-state index in [1.165, 1.54) is 18.6 Å². The fourth-order valence-electron chi connectivity index (χ4n) is 1.95. The van der Waals surface area contributed by atoms with Gasteiger partial charge in [-0.05, 0) is 29.2 Å². The Labute approximate surface area is 129 Å². The van der Waals surface area contributed by atoms with E-state index in [1.807, 2.05) is 24.3 Å². The Morgan fingerprint density at radius 1 is 0.955 bits per heavy atom. The van der Waals surface area contributed by atoms with Gasteiger partial charge in [0.2, 0.25) is 5.91 Å². The second-order valence-electron chi connectivity index (χ2n) is 6.13. The van der Waals surface area contributed by atoms with Gasteiger partial charge in [-0.15, -0.1) is 0 Å². The van der Waals surface area contributed by atoms with E-state index >= 15 is 0 Å². The molecule has 2 aromatic rings. The zero-order valence-electron chi connectivity index (χ0n) is 13.2. The molecule has 0 aliphatic heterocycles. The standard InChI is InChI=1S/C17H20N2O3/c1-11(20)18-15-10-9-14(22-15)16(21)19-13-7-5-12(6-8-13)17(2,3)4/h5-10H,1-4H3,(H,18,20)(H,19,21). The number of hydrogen-bond donors (Lipinski definition) is 2. The Morgan fingerprint density at radius 3 is 2.14 bits per heavy atom. The second kappa shape index (κ2) is 6.05. The number of carbonyl (C=O) groups is 2. The molecule has 0 spiro atoms. The smallest absolute Gasteiger partial charge is 0.291 e. The van der Waals surface area contributed by atoms with Gasteiger partial charge in [-0.2, -0.15) is 0 Å². The van der Waals surface area contributed by atoms with Crippen molar-refractivity contribution in [3.05, 3.63) is 47.7 Å². The van der Waals surface area contributed by atoms with Crippen molar-refractivity contribution in [2.24, 2.45) is 0 Å². The maximum absolute atomic E-state index is 12.1. The van der Waals surface area contributed by atoms with E-state index in [0.717, 1.165) is 0 Å². The van der Waals surface area contributed by atoms with E-state index < -0.39 is 0 Å². The summed E-state index contributed by atoms with van der Waals surface area (Å²) >= 11 is 0. The molecule has 0 saturated heterocycles. The summed E-state index contributed by atoms with van der Waals surface area (Å²) in [5.74, 6) is -0.219. The number of amides is 2. The molecule has 2 N–H and O–H groups in total. The first kappa shape index (κ1) is 15.8. The Hall–Kier alpha value is -2.56. The maximum atomic E-state index is 12.1. The largest absolute Gasteiger partial charge is 0.435 e. The van der Waals surface area contributed by atoms with Crippen LogP contribution in [0.1, 0.15) is 43.8 Å². The highest BCUT2D eigenvalue weighted by Gasteiger charge is 2.15. The van der Waals surface area contributed by atoms with Gasteiger partial charge >= 0.3 is 0 Å². The fourth-order valence-corrected chi connectivity index (χ4v) is 1.95. The molecular formula is C17H20N2O3. The minimum Gasteiger partial charge on any atom is -0.435 e. The molecule has 5 nitrogen and oxygen atoms in total. The van der Waals surface area contributed by atoms with Crippen LogP contribution in [-0.4, -0.2) is 11.8 Å².